The molecule has 0 aliphatic carbocycles. The molecule has 0 aliphatic rings. The van der Waals surface area contributed by atoms with Crippen molar-refractivity contribution in [3.8, 4) is 0 Å². The minimum atomic E-state index is -1.66. The number of allylic oxidation sites excluding steroid dienone is 2. The van der Waals surface area contributed by atoms with E-state index >= 15 is 0 Å². The molecule has 1 nitrogen and oxygen atoms in total. The van der Waals surface area contributed by atoms with Crippen LogP contribution in [0, 0.1) is 0 Å². The number of hydrogen-bond donors (Lipinski definition) is 0. The highest BCUT2D eigenvalue weighted by molar-refractivity contribution is 7.10. The topological polar surface area (TPSA) is 17.1 Å². The zero-order chi connectivity index (χ0) is 11.7. The third kappa shape index (κ3) is 3.54. The van der Waals surface area contributed by atoms with E-state index in [2.05, 4.69) is 53.1 Å². The second-order valence-electron chi connectivity index (χ2n) is 6.20. The monoisotopic (exact) mass is 228 g/mol. The highest BCUT2D eigenvalue weighted by Gasteiger charge is 2.34. The van der Waals surface area contributed by atoms with Gasteiger partial charge in [0.05, 0.1) is 8.07 Å². The Morgan fingerprint density at radius 1 is 0.786 bits per heavy atom. The number of carbonyl (C=O) groups excluding carboxylic acids is 1. The van der Waals surface area contributed by atoms with Gasteiger partial charge in [-0.05, 0) is 19.0 Å². The first-order valence-electron chi connectivity index (χ1n) is 5.20. The van der Waals surface area contributed by atoms with Gasteiger partial charge in [0.15, 0.2) is 0 Å². The van der Waals surface area contributed by atoms with E-state index < -0.39 is 16.1 Å². The summed E-state index contributed by atoms with van der Waals surface area (Å²) in [5.74, 6) is 0. The molecule has 0 saturated heterocycles. The molecular formula is C11H24OSi2. The van der Waals surface area contributed by atoms with E-state index in [4.69, 9.17) is 0 Å². The summed E-state index contributed by atoms with van der Waals surface area (Å²) in [6.07, 6.45) is 0. The molecule has 14 heavy (non-hydrogen) atoms. The Labute approximate surface area is 90.6 Å². The van der Waals surface area contributed by atoms with E-state index in [1.807, 2.05) is 0 Å². The lowest BCUT2D eigenvalue weighted by atomic mass is 10.3. The van der Waals surface area contributed by atoms with Crippen molar-refractivity contribution in [1.82, 2.24) is 0 Å². The van der Waals surface area contributed by atoms with E-state index in [0.29, 0.717) is 5.41 Å². The van der Waals surface area contributed by atoms with Crippen molar-refractivity contribution in [3.63, 3.8) is 0 Å². The number of rotatable bonds is 3. The van der Waals surface area contributed by atoms with Crippen molar-refractivity contribution in [1.29, 1.82) is 0 Å². The average Bonchev–Trinajstić information content (AvgIpc) is 1.79. The Hall–Kier alpha value is -0.156. The van der Waals surface area contributed by atoms with Crippen LogP contribution in [0.3, 0.4) is 0 Å². The smallest absolute Gasteiger partial charge is 0.132 e. The minimum Gasteiger partial charge on any atom is -0.301 e. The first-order chi connectivity index (χ1) is 5.98. The van der Waals surface area contributed by atoms with Gasteiger partial charge in [-0.25, -0.2) is 0 Å². The molecule has 0 aromatic heterocycles. The molecule has 82 valence electrons. The standard InChI is InChI=1S/C11H24OSi2/c1-9(2)10(13(3,4)5)11(12)14(6,7)8/h1-8H3. The van der Waals surface area contributed by atoms with Crippen molar-refractivity contribution in [2.75, 3.05) is 0 Å². The van der Waals surface area contributed by atoms with Gasteiger partial charge in [0.1, 0.15) is 13.5 Å². The Morgan fingerprint density at radius 2 is 1.14 bits per heavy atom. The van der Waals surface area contributed by atoms with Gasteiger partial charge in [-0.3, -0.25) is 0 Å². The van der Waals surface area contributed by atoms with Crippen molar-refractivity contribution in [3.05, 3.63) is 10.8 Å². The molecule has 0 saturated carbocycles. The Bertz CT molecular complexity index is 260. The summed E-state index contributed by atoms with van der Waals surface area (Å²) in [5.41, 5.74) is 1.23. The summed E-state index contributed by atoms with van der Waals surface area (Å²) in [4.78, 5) is 12.3. The third-order valence-electron chi connectivity index (χ3n) is 2.16. The molecule has 0 unspecified atom stereocenters. The maximum absolute atomic E-state index is 12.3. The van der Waals surface area contributed by atoms with Crippen LogP contribution in [0.5, 0.6) is 0 Å². The first kappa shape index (κ1) is 13.8. The van der Waals surface area contributed by atoms with Crippen molar-refractivity contribution in [2.45, 2.75) is 53.1 Å². The Balaban J connectivity index is 5.32. The fraction of sp³-hybridized carbons (Fsp3) is 0.727. The van der Waals surface area contributed by atoms with Gasteiger partial charge in [-0.2, -0.15) is 0 Å². The second-order valence-corrected chi connectivity index (χ2v) is 16.2. The lowest BCUT2D eigenvalue weighted by Gasteiger charge is -2.27. The van der Waals surface area contributed by atoms with Crippen molar-refractivity contribution >= 4 is 21.6 Å². The second kappa shape index (κ2) is 4.15. The summed E-state index contributed by atoms with van der Waals surface area (Å²) in [6.45, 7) is 17.3. The molecule has 0 amide bonds. The normalized spacial score (nSPS) is 12.6. The Morgan fingerprint density at radius 3 is 1.21 bits per heavy atom. The summed E-state index contributed by atoms with van der Waals surface area (Å²) in [6, 6.07) is 0. The van der Waals surface area contributed by atoms with Crippen LogP contribution in [0.25, 0.3) is 0 Å². The zero-order valence-corrected chi connectivity index (χ0v) is 12.9. The first-order valence-corrected chi connectivity index (χ1v) is 12.2. The molecule has 0 aliphatic heterocycles. The largest absolute Gasteiger partial charge is 0.301 e. The molecule has 0 heterocycles. The molecule has 0 rings (SSSR count). The van der Waals surface area contributed by atoms with Gasteiger partial charge in [0, 0.05) is 0 Å². The lowest BCUT2D eigenvalue weighted by molar-refractivity contribution is -0.109. The van der Waals surface area contributed by atoms with Crippen LogP contribution in [0.4, 0.5) is 0 Å². The molecule has 0 aromatic rings. The zero-order valence-electron chi connectivity index (χ0n) is 10.9. The van der Waals surface area contributed by atoms with Crippen LogP contribution in [0.15, 0.2) is 10.8 Å². The molecule has 0 N–H and O–H groups in total. The summed E-state index contributed by atoms with van der Waals surface area (Å²) >= 11 is 0. The number of hydrogen-bond acceptors (Lipinski definition) is 1. The number of carbonyl (C=O) groups is 1. The van der Waals surface area contributed by atoms with Gasteiger partial charge < -0.3 is 4.79 Å². The third-order valence-corrected chi connectivity index (χ3v) is 6.25. The van der Waals surface area contributed by atoms with E-state index in [9.17, 15) is 4.79 Å². The molecule has 0 spiro atoms. The lowest BCUT2D eigenvalue weighted by Crippen LogP contribution is -2.43. The Kier molecular flexibility index (Phi) is 4.10. The van der Waals surface area contributed by atoms with E-state index in [1.165, 1.54) is 10.8 Å². The predicted octanol–water partition coefficient (Wildman–Crippen LogP) is 3.65. The average molecular weight is 228 g/mol. The molecule has 0 bridgehead atoms. The summed E-state index contributed by atoms with van der Waals surface area (Å²) in [5, 5.41) is 1.65. The van der Waals surface area contributed by atoms with Crippen molar-refractivity contribution < 1.29 is 4.79 Å². The minimum absolute atomic E-state index is 0.469. The molecule has 3 heteroatoms. The van der Waals surface area contributed by atoms with Crippen LogP contribution >= 0.6 is 0 Å². The van der Waals surface area contributed by atoms with E-state index in [0.717, 1.165) is 0 Å². The van der Waals surface area contributed by atoms with E-state index in [-0.39, 0.29) is 0 Å². The summed E-state index contributed by atoms with van der Waals surface area (Å²) in [7, 11) is -3.12. The van der Waals surface area contributed by atoms with Gasteiger partial charge in [0.25, 0.3) is 0 Å². The van der Waals surface area contributed by atoms with Gasteiger partial charge in [0.2, 0.25) is 0 Å². The molecule has 0 radical (unpaired) electrons. The van der Waals surface area contributed by atoms with Crippen LogP contribution in [-0.4, -0.2) is 21.6 Å². The molecule has 0 fully saturated rings. The van der Waals surface area contributed by atoms with Crippen LogP contribution in [0.1, 0.15) is 13.8 Å². The van der Waals surface area contributed by atoms with Crippen molar-refractivity contribution in [2.24, 2.45) is 0 Å². The van der Waals surface area contributed by atoms with Crippen LogP contribution in [-0.2, 0) is 4.79 Å². The van der Waals surface area contributed by atoms with E-state index in [1.54, 1.807) is 0 Å². The maximum Gasteiger partial charge on any atom is 0.132 e. The quantitative estimate of drug-likeness (QED) is 0.532. The van der Waals surface area contributed by atoms with Gasteiger partial charge in [-0.15, -0.1) is 0 Å². The fourth-order valence-corrected chi connectivity index (χ4v) is 7.12. The highest BCUT2D eigenvalue weighted by Crippen LogP contribution is 2.23. The molecule has 0 aromatic carbocycles. The van der Waals surface area contributed by atoms with Gasteiger partial charge in [-0.1, -0.05) is 44.9 Å². The molecule has 0 atom stereocenters. The van der Waals surface area contributed by atoms with Crippen LogP contribution in [0.2, 0.25) is 39.3 Å². The SMILES string of the molecule is CC(C)=C(C(=O)[Si](C)(C)C)[Si](C)(C)C. The maximum atomic E-state index is 12.3. The fourth-order valence-electron chi connectivity index (χ4n) is 1.69. The summed E-state index contributed by atoms with van der Waals surface area (Å²) < 4.78 is 0. The predicted molar refractivity (Wildman–Crippen MR) is 70.1 cm³/mol. The highest BCUT2D eigenvalue weighted by atomic mass is 28.3. The van der Waals surface area contributed by atoms with Gasteiger partial charge >= 0.3 is 0 Å². The molecular weight excluding hydrogens is 204 g/mol. The van der Waals surface area contributed by atoms with Crippen LogP contribution < -0.4 is 0 Å².